The number of carbonyl (C=O) groups is 1. The number of aromatic nitrogens is 2. The Balaban J connectivity index is 1.36. The van der Waals surface area contributed by atoms with E-state index in [-0.39, 0.29) is 12.9 Å². The highest BCUT2D eigenvalue weighted by molar-refractivity contribution is 7.17. The molecule has 0 atom stereocenters. The summed E-state index contributed by atoms with van der Waals surface area (Å²) >= 11 is 1.60. The lowest BCUT2D eigenvalue weighted by molar-refractivity contribution is 0.0415. The smallest absolute Gasteiger partial charge is 0.454 e. The van der Waals surface area contributed by atoms with Gasteiger partial charge in [0.1, 0.15) is 16.8 Å². The van der Waals surface area contributed by atoms with Crippen LogP contribution >= 0.6 is 11.3 Å². The minimum atomic E-state index is -1.22. The maximum absolute atomic E-state index is 10.8. The average Bonchev–Trinajstić information content (AvgIpc) is 3.38. The number of hydrogen-bond acceptors (Lipinski definition) is 9. The van der Waals surface area contributed by atoms with Crippen LogP contribution in [0.2, 0.25) is 0 Å². The number of carboxylic acid groups (broad SMARTS) is 1. The number of hydrogen-bond donors (Lipinski definition) is 2. The molecule has 2 aliphatic rings. The van der Waals surface area contributed by atoms with Crippen LogP contribution in [0.15, 0.2) is 23.6 Å². The van der Waals surface area contributed by atoms with Crippen LogP contribution in [-0.2, 0) is 11.3 Å². The van der Waals surface area contributed by atoms with Crippen LogP contribution < -0.4 is 19.7 Å². The molecule has 2 N–H and O–H groups in total. The van der Waals surface area contributed by atoms with Gasteiger partial charge in [-0.15, -0.1) is 11.3 Å². The lowest BCUT2D eigenvalue weighted by Crippen LogP contribution is -2.38. The molecule has 3 aromatic rings. The van der Waals surface area contributed by atoms with E-state index in [1.165, 1.54) is 0 Å². The Kier molecular flexibility index (Phi) is 5.14. The quantitative estimate of drug-likeness (QED) is 0.567. The maximum Gasteiger partial charge on any atom is 0.506 e. The molecule has 0 unspecified atom stereocenters. The van der Waals surface area contributed by atoms with E-state index in [1.807, 2.05) is 18.2 Å². The van der Waals surface area contributed by atoms with Gasteiger partial charge in [0.15, 0.2) is 11.5 Å². The number of thiophene rings is 1. The molecular weight excluding hydrogens is 420 g/mol. The van der Waals surface area contributed by atoms with E-state index in [0.29, 0.717) is 38.4 Å². The summed E-state index contributed by atoms with van der Waals surface area (Å²) in [5, 5.41) is 15.4. The standard InChI is InChI=1S/C21H22N4O5S/c1-12-10-31-19-17(12)18(22-9-13-2-3-15-16(8-13)29-11-28-15)23-20(24-19)25-6-4-14(5-7-25)30-21(26)27/h2-3,8,10,14H,4-7,9,11H2,1H3,(H,26,27)(H,22,23,24). The zero-order valence-corrected chi connectivity index (χ0v) is 17.8. The number of fused-ring (bicyclic) bond motifs is 2. The summed E-state index contributed by atoms with van der Waals surface area (Å²) in [6.45, 7) is 4.20. The number of anilines is 2. The number of aryl methyl sites for hydroxylation is 1. The summed E-state index contributed by atoms with van der Waals surface area (Å²) < 4.78 is 15.8. The van der Waals surface area contributed by atoms with Crippen molar-refractivity contribution < 1.29 is 24.1 Å². The van der Waals surface area contributed by atoms with Crippen molar-refractivity contribution in [2.24, 2.45) is 0 Å². The van der Waals surface area contributed by atoms with Gasteiger partial charge in [-0.25, -0.2) is 9.78 Å². The van der Waals surface area contributed by atoms with E-state index in [2.05, 4.69) is 22.5 Å². The number of nitrogens with one attached hydrogen (secondary N) is 1. The summed E-state index contributed by atoms with van der Waals surface area (Å²) in [4.78, 5) is 23.4. The molecule has 31 heavy (non-hydrogen) atoms. The molecular formula is C21H22N4O5S. The van der Waals surface area contributed by atoms with Gasteiger partial charge in [0, 0.05) is 32.5 Å². The summed E-state index contributed by atoms with van der Waals surface area (Å²) in [5.41, 5.74) is 2.20. The fourth-order valence-corrected chi connectivity index (χ4v) is 4.81. The Bertz CT molecular complexity index is 1130. The molecule has 0 saturated carbocycles. The van der Waals surface area contributed by atoms with E-state index in [9.17, 15) is 4.79 Å². The van der Waals surface area contributed by atoms with Crippen LogP contribution in [0.5, 0.6) is 11.5 Å². The van der Waals surface area contributed by atoms with Crippen molar-refractivity contribution in [3.8, 4) is 11.5 Å². The molecule has 2 aliphatic heterocycles. The minimum Gasteiger partial charge on any atom is -0.454 e. The largest absolute Gasteiger partial charge is 0.506 e. The van der Waals surface area contributed by atoms with Crippen LogP contribution in [-0.4, -0.2) is 47.2 Å². The third-order valence-corrected chi connectivity index (χ3v) is 6.49. The van der Waals surface area contributed by atoms with Crippen molar-refractivity contribution in [2.45, 2.75) is 32.4 Å². The molecule has 9 nitrogen and oxygen atoms in total. The Labute approximate surface area is 182 Å². The molecule has 0 bridgehead atoms. The van der Waals surface area contributed by atoms with E-state index >= 15 is 0 Å². The second kappa shape index (κ2) is 8.10. The van der Waals surface area contributed by atoms with Crippen molar-refractivity contribution in [3.63, 3.8) is 0 Å². The van der Waals surface area contributed by atoms with Gasteiger partial charge in [-0.2, -0.15) is 4.98 Å². The highest BCUT2D eigenvalue weighted by atomic mass is 32.1. The molecule has 0 amide bonds. The zero-order valence-electron chi connectivity index (χ0n) is 17.0. The third-order valence-electron chi connectivity index (χ3n) is 5.49. The number of benzene rings is 1. The first-order valence-corrected chi connectivity index (χ1v) is 11.0. The van der Waals surface area contributed by atoms with Gasteiger partial charge < -0.3 is 29.5 Å². The molecule has 4 heterocycles. The summed E-state index contributed by atoms with van der Waals surface area (Å²) in [6.07, 6.45) is -0.251. The van der Waals surface area contributed by atoms with E-state index in [4.69, 9.17) is 29.3 Å². The third kappa shape index (κ3) is 4.02. The molecule has 0 aliphatic carbocycles. The first kappa shape index (κ1) is 19.7. The fraction of sp³-hybridized carbons (Fsp3) is 0.381. The molecule has 1 saturated heterocycles. The van der Waals surface area contributed by atoms with Crippen molar-refractivity contribution >= 4 is 39.5 Å². The SMILES string of the molecule is Cc1csc2nc(N3CCC(OC(=O)O)CC3)nc(NCc3ccc4c(c3)OCO4)c12. The van der Waals surface area contributed by atoms with Crippen molar-refractivity contribution in [1.29, 1.82) is 0 Å². The summed E-state index contributed by atoms with van der Waals surface area (Å²) in [7, 11) is 0. The van der Waals surface area contributed by atoms with Gasteiger partial charge in [0.25, 0.3) is 0 Å². The second-order valence-corrected chi connectivity index (χ2v) is 8.44. The molecule has 0 radical (unpaired) electrons. The number of ether oxygens (including phenoxy) is 3. The predicted octanol–water partition coefficient (Wildman–Crippen LogP) is 4.00. The Morgan fingerprint density at radius 2 is 2.10 bits per heavy atom. The predicted molar refractivity (Wildman–Crippen MR) is 116 cm³/mol. The number of nitrogens with zero attached hydrogens (tertiary/aromatic N) is 3. The van der Waals surface area contributed by atoms with Gasteiger partial charge in [-0.05, 0) is 35.6 Å². The van der Waals surface area contributed by atoms with Gasteiger partial charge in [0.2, 0.25) is 12.7 Å². The van der Waals surface area contributed by atoms with Gasteiger partial charge in [0.05, 0.1) is 5.39 Å². The highest BCUT2D eigenvalue weighted by Crippen LogP contribution is 2.34. The Hall–Kier alpha value is -3.27. The van der Waals surface area contributed by atoms with E-state index < -0.39 is 6.16 Å². The van der Waals surface area contributed by atoms with Crippen LogP contribution in [0, 0.1) is 6.92 Å². The number of rotatable bonds is 5. The van der Waals surface area contributed by atoms with Gasteiger partial charge in [-0.1, -0.05) is 6.07 Å². The topological polar surface area (TPSA) is 106 Å². The lowest BCUT2D eigenvalue weighted by Gasteiger charge is -2.31. The van der Waals surface area contributed by atoms with E-state index in [0.717, 1.165) is 38.7 Å². The van der Waals surface area contributed by atoms with Crippen molar-refractivity contribution in [2.75, 3.05) is 30.1 Å². The second-order valence-electron chi connectivity index (χ2n) is 7.58. The normalized spacial score (nSPS) is 16.0. The molecule has 0 spiro atoms. The van der Waals surface area contributed by atoms with Crippen molar-refractivity contribution in [1.82, 2.24) is 9.97 Å². The van der Waals surface area contributed by atoms with Gasteiger partial charge in [-0.3, -0.25) is 0 Å². The molecule has 5 rings (SSSR count). The van der Waals surface area contributed by atoms with Crippen LogP contribution in [0.25, 0.3) is 10.2 Å². The lowest BCUT2D eigenvalue weighted by atomic mass is 10.1. The van der Waals surface area contributed by atoms with E-state index in [1.54, 1.807) is 11.3 Å². The zero-order chi connectivity index (χ0) is 21.4. The van der Waals surface area contributed by atoms with Crippen LogP contribution in [0.1, 0.15) is 24.0 Å². The van der Waals surface area contributed by atoms with Crippen molar-refractivity contribution in [3.05, 3.63) is 34.7 Å². The molecule has 1 fully saturated rings. The molecule has 10 heteroatoms. The molecule has 1 aromatic carbocycles. The molecule has 162 valence electrons. The fourth-order valence-electron chi connectivity index (χ4n) is 3.90. The highest BCUT2D eigenvalue weighted by Gasteiger charge is 2.25. The average molecular weight is 442 g/mol. The Morgan fingerprint density at radius 1 is 1.29 bits per heavy atom. The number of piperidine rings is 1. The maximum atomic E-state index is 10.8. The van der Waals surface area contributed by atoms with Gasteiger partial charge >= 0.3 is 6.16 Å². The first-order chi connectivity index (χ1) is 15.1. The summed E-state index contributed by atoms with van der Waals surface area (Å²) in [6, 6.07) is 5.90. The van der Waals surface area contributed by atoms with Crippen LogP contribution in [0.3, 0.4) is 0 Å². The molecule has 2 aromatic heterocycles. The first-order valence-electron chi connectivity index (χ1n) is 10.1. The minimum absolute atomic E-state index is 0.254. The van der Waals surface area contributed by atoms with Crippen LogP contribution in [0.4, 0.5) is 16.6 Å². The summed E-state index contributed by atoms with van der Waals surface area (Å²) in [5.74, 6) is 2.96. The monoisotopic (exact) mass is 442 g/mol. The Morgan fingerprint density at radius 3 is 2.90 bits per heavy atom.